The second-order valence-corrected chi connectivity index (χ2v) is 7.53. The van der Waals surface area contributed by atoms with E-state index in [4.69, 9.17) is 11.6 Å². The summed E-state index contributed by atoms with van der Waals surface area (Å²) in [5, 5.41) is -0.190. The number of halogens is 1. The van der Waals surface area contributed by atoms with Gasteiger partial charge in [-0.05, 0) is 43.7 Å². The Morgan fingerprint density at radius 1 is 0.625 bits per heavy atom. The van der Waals surface area contributed by atoms with Crippen LogP contribution in [0.4, 0.5) is 0 Å². The van der Waals surface area contributed by atoms with Crippen molar-refractivity contribution in [1.29, 1.82) is 0 Å². The highest BCUT2D eigenvalue weighted by molar-refractivity contribution is 6.63. The number of hydrogen-bond acceptors (Lipinski definition) is 1. The summed E-state index contributed by atoms with van der Waals surface area (Å²) in [6, 6.07) is 0. The van der Waals surface area contributed by atoms with Crippen LogP contribution >= 0.6 is 11.6 Å². The predicted molar refractivity (Wildman–Crippen MR) is 109 cm³/mol. The van der Waals surface area contributed by atoms with E-state index in [9.17, 15) is 4.79 Å². The third kappa shape index (κ3) is 21.7. The molecule has 0 unspecified atom stereocenters. The minimum absolute atomic E-state index is 0.190. The summed E-state index contributed by atoms with van der Waals surface area (Å²) in [6.45, 7) is 2.28. The van der Waals surface area contributed by atoms with Gasteiger partial charge in [0.2, 0.25) is 5.24 Å². The van der Waals surface area contributed by atoms with Gasteiger partial charge < -0.3 is 0 Å². The van der Waals surface area contributed by atoms with Gasteiger partial charge in [-0.25, -0.2) is 0 Å². The summed E-state index contributed by atoms with van der Waals surface area (Å²) in [5.41, 5.74) is 0. The lowest BCUT2D eigenvalue weighted by atomic mass is 10.1. The number of hydrogen-bond donors (Lipinski definition) is 0. The second kappa shape index (κ2) is 20.7. The topological polar surface area (TPSA) is 17.1 Å². The average molecular weight is 357 g/mol. The molecule has 0 aliphatic rings. The van der Waals surface area contributed by atoms with Crippen molar-refractivity contribution in [2.75, 3.05) is 0 Å². The van der Waals surface area contributed by atoms with Gasteiger partial charge in [-0.3, -0.25) is 4.79 Å². The van der Waals surface area contributed by atoms with Crippen molar-refractivity contribution < 1.29 is 4.79 Å². The summed E-state index contributed by atoms with van der Waals surface area (Å²) in [6.07, 6.45) is 27.8. The third-order valence-electron chi connectivity index (χ3n) is 4.64. The molecule has 0 bridgehead atoms. The van der Waals surface area contributed by atoms with Crippen LogP contribution in [-0.4, -0.2) is 5.24 Å². The summed E-state index contributed by atoms with van der Waals surface area (Å²) >= 11 is 5.31. The molecule has 0 saturated carbocycles. The van der Waals surface area contributed by atoms with Crippen molar-refractivity contribution in [2.45, 2.75) is 122 Å². The Balaban J connectivity index is 3.07. The average Bonchev–Trinajstić information content (AvgIpc) is 2.56. The number of allylic oxidation sites excluding steroid dienone is 2. The lowest BCUT2D eigenvalue weighted by Crippen LogP contribution is -1.86. The maximum Gasteiger partial charge on any atom is 0.221 e. The van der Waals surface area contributed by atoms with Crippen molar-refractivity contribution >= 4 is 16.8 Å². The molecule has 0 aliphatic heterocycles. The Labute approximate surface area is 156 Å². The van der Waals surface area contributed by atoms with Crippen molar-refractivity contribution in [1.82, 2.24) is 0 Å². The molecule has 0 aromatic rings. The van der Waals surface area contributed by atoms with E-state index in [0.717, 1.165) is 12.8 Å². The number of rotatable bonds is 19. The predicted octanol–water partition coefficient (Wildman–Crippen LogP) is 8.35. The fraction of sp³-hybridized carbons (Fsp3) is 0.864. The number of carbonyl (C=O) groups is 1. The van der Waals surface area contributed by atoms with E-state index < -0.39 is 0 Å². The number of unbranched alkanes of at least 4 members (excludes halogenated alkanes) is 15. The SMILES string of the molecule is CCCCCCCCCCCC/C=C/CCCCCCCC(=O)Cl. The van der Waals surface area contributed by atoms with E-state index in [0.29, 0.717) is 6.42 Å². The van der Waals surface area contributed by atoms with Crippen molar-refractivity contribution in [3.63, 3.8) is 0 Å². The monoisotopic (exact) mass is 356 g/mol. The van der Waals surface area contributed by atoms with Crippen LogP contribution in [0.3, 0.4) is 0 Å². The summed E-state index contributed by atoms with van der Waals surface area (Å²) in [5.74, 6) is 0. The van der Waals surface area contributed by atoms with Gasteiger partial charge in [0.1, 0.15) is 0 Å². The zero-order valence-electron chi connectivity index (χ0n) is 16.2. The highest BCUT2D eigenvalue weighted by atomic mass is 35.5. The van der Waals surface area contributed by atoms with Gasteiger partial charge in [-0.15, -0.1) is 0 Å². The fourth-order valence-corrected chi connectivity index (χ4v) is 3.18. The molecule has 0 aromatic carbocycles. The van der Waals surface area contributed by atoms with Gasteiger partial charge in [0.05, 0.1) is 0 Å². The molecule has 0 spiro atoms. The second-order valence-electron chi connectivity index (χ2n) is 7.10. The maximum atomic E-state index is 10.6. The van der Waals surface area contributed by atoms with Gasteiger partial charge in [0, 0.05) is 6.42 Å². The molecule has 0 atom stereocenters. The standard InChI is InChI=1S/C22H41ClO/c1-2-3-4-5-6-7-8-9-10-11-12-13-14-15-16-17-18-19-20-21-22(23)24/h13-14H,2-12,15-21H2,1H3/b14-13+. The fourth-order valence-electron chi connectivity index (χ4n) is 3.04. The largest absolute Gasteiger partial charge is 0.281 e. The molecule has 0 N–H and O–H groups in total. The summed E-state index contributed by atoms with van der Waals surface area (Å²) in [7, 11) is 0. The van der Waals surface area contributed by atoms with Gasteiger partial charge in [-0.1, -0.05) is 96.1 Å². The molecular weight excluding hydrogens is 316 g/mol. The Bertz CT molecular complexity index is 286. The van der Waals surface area contributed by atoms with Crippen LogP contribution in [0.25, 0.3) is 0 Å². The molecule has 24 heavy (non-hydrogen) atoms. The lowest BCUT2D eigenvalue weighted by Gasteiger charge is -2.01. The zero-order chi connectivity index (χ0) is 17.7. The van der Waals surface area contributed by atoms with Gasteiger partial charge in [0.25, 0.3) is 0 Å². The minimum atomic E-state index is -0.190. The maximum absolute atomic E-state index is 10.6. The van der Waals surface area contributed by atoms with Crippen LogP contribution in [0.5, 0.6) is 0 Å². The van der Waals surface area contributed by atoms with Gasteiger partial charge in [0.15, 0.2) is 0 Å². The summed E-state index contributed by atoms with van der Waals surface area (Å²) < 4.78 is 0. The molecule has 0 aliphatic carbocycles. The first-order valence-corrected chi connectivity index (χ1v) is 11.0. The minimum Gasteiger partial charge on any atom is -0.281 e. The van der Waals surface area contributed by atoms with Crippen LogP contribution in [0.1, 0.15) is 122 Å². The highest BCUT2D eigenvalue weighted by Crippen LogP contribution is 2.12. The Morgan fingerprint density at radius 2 is 1.00 bits per heavy atom. The molecule has 0 amide bonds. The molecule has 0 saturated heterocycles. The van der Waals surface area contributed by atoms with Gasteiger partial charge >= 0.3 is 0 Å². The van der Waals surface area contributed by atoms with E-state index >= 15 is 0 Å². The highest BCUT2D eigenvalue weighted by Gasteiger charge is 1.95. The molecule has 142 valence electrons. The number of carbonyl (C=O) groups excluding carboxylic acids is 1. The van der Waals surface area contributed by atoms with E-state index in [1.165, 1.54) is 96.3 Å². The van der Waals surface area contributed by atoms with E-state index in [2.05, 4.69) is 19.1 Å². The first-order chi connectivity index (χ1) is 11.8. The molecule has 0 fully saturated rings. The first-order valence-electron chi connectivity index (χ1n) is 10.6. The van der Waals surface area contributed by atoms with E-state index in [1.807, 2.05) is 0 Å². The Kier molecular flexibility index (Phi) is 20.5. The first kappa shape index (κ1) is 23.7. The normalized spacial score (nSPS) is 11.4. The van der Waals surface area contributed by atoms with Crippen LogP contribution in [0.2, 0.25) is 0 Å². The third-order valence-corrected chi connectivity index (χ3v) is 4.82. The molecule has 0 radical (unpaired) electrons. The van der Waals surface area contributed by atoms with E-state index in [1.54, 1.807) is 0 Å². The van der Waals surface area contributed by atoms with Crippen LogP contribution in [0.15, 0.2) is 12.2 Å². The Morgan fingerprint density at radius 3 is 1.42 bits per heavy atom. The molecule has 0 rings (SSSR count). The smallest absolute Gasteiger partial charge is 0.221 e. The van der Waals surface area contributed by atoms with Gasteiger partial charge in [-0.2, -0.15) is 0 Å². The van der Waals surface area contributed by atoms with Crippen molar-refractivity contribution in [3.8, 4) is 0 Å². The summed E-state index contributed by atoms with van der Waals surface area (Å²) in [4.78, 5) is 10.6. The quantitative estimate of drug-likeness (QED) is 0.129. The van der Waals surface area contributed by atoms with E-state index in [-0.39, 0.29) is 5.24 Å². The molecular formula is C22H41ClO. The van der Waals surface area contributed by atoms with Crippen molar-refractivity contribution in [3.05, 3.63) is 12.2 Å². The lowest BCUT2D eigenvalue weighted by molar-refractivity contribution is -0.111. The Hall–Kier alpha value is -0.300. The van der Waals surface area contributed by atoms with Crippen molar-refractivity contribution in [2.24, 2.45) is 0 Å². The molecule has 2 heteroatoms. The molecule has 0 aromatic heterocycles. The van der Waals surface area contributed by atoms with Crippen LogP contribution in [0, 0.1) is 0 Å². The molecule has 1 nitrogen and oxygen atoms in total. The molecule has 0 heterocycles. The van der Waals surface area contributed by atoms with Crippen LogP contribution < -0.4 is 0 Å². The van der Waals surface area contributed by atoms with Crippen LogP contribution in [-0.2, 0) is 4.79 Å². The zero-order valence-corrected chi connectivity index (χ0v) is 16.9.